The van der Waals surface area contributed by atoms with Crippen LogP contribution >= 0.6 is 11.6 Å². The predicted octanol–water partition coefficient (Wildman–Crippen LogP) is 5.58. The topological polar surface area (TPSA) is 90.7 Å². The van der Waals surface area contributed by atoms with E-state index in [4.69, 9.17) is 23.1 Å². The third-order valence-corrected chi connectivity index (χ3v) is 5.56. The van der Waals surface area contributed by atoms with Gasteiger partial charge in [0.25, 0.3) is 0 Å². The second kappa shape index (κ2) is 9.27. The Morgan fingerprint density at radius 3 is 2.12 bits per heavy atom. The lowest BCUT2D eigenvalue weighted by molar-refractivity contribution is -0.137. The number of alkyl halides is 3. The fourth-order valence-electron chi connectivity index (χ4n) is 3.42. The van der Waals surface area contributed by atoms with E-state index >= 15 is 0 Å². The summed E-state index contributed by atoms with van der Waals surface area (Å²) in [7, 11) is 0. The van der Waals surface area contributed by atoms with Crippen LogP contribution in [0.5, 0.6) is 0 Å². The minimum atomic E-state index is -4.53. The Morgan fingerprint density at radius 1 is 0.758 bits per heavy atom. The standard InChI is InChI=1S/C24H19ClF3N5/c25-18-11-16(8-9-17(18)24(26,27)28)20-12-21(33-13-32-20)23(30)22(29)15-6-4-14(5-7-15)19-3-1-2-10-31-19/h1-13,22-23H,29-30H2. The quantitative estimate of drug-likeness (QED) is 0.398. The lowest BCUT2D eigenvalue weighted by Crippen LogP contribution is -2.27. The largest absolute Gasteiger partial charge is 0.417 e. The SMILES string of the molecule is NC(c1ccc(-c2ccccn2)cc1)C(N)c1cc(-c2ccc(C(F)(F)F)c(Cl)c2)ncn1. The maximum absolute atomic E-state index is 13.0. The van der Waals surface area contributed by atoms with Crippen LogP contribution in [0.2, 0.25) is 5.02 Å². The Balaban J connectivity index is 1.56. The van der Waals surface area contributed by atoms with Crippen LogP contribution in [-0.2, 0) is 6.18 Å². The molecule has 2 unspecified atom stereocenters. The summed E-state index contributed by atoms with van der Waals surface area (Å²) in [6.45, 7) is 0. The van der Waals surface area contributed by atoms with Gasteiger partial charge < -0.3 is 11.5 Å². The number of nitrogens with two attached hydrogens (primary N) is 2. The first-order valence-electron chi connectivity index (χ1n) is 9.95. The first-order chi connectivity index (χ1) is 15.7. The van der Waals surface area contributed by atoms with Crippen LogP contribution in [0.15, 0.2) is 79.3 Å². The molecule has 0 saturated heterocycles. The normalized spacial score (nSPS) is 13.5. The summed E-state index contributed by atoms with van der Waals surface area (Å²) >= 11 is 5.84. The third-order valence-electron chi connectivity index (χ3n) is 5.24. The molecule has 0 bridgehead atoms. The van der Waals surface area contributed by atoms with Crippen molar-refractivity contribution in [2.24, 2.45) is 11.5 Å². The molecule has 168 valence electrons. The summed E-state index contributed by atoms with van der Waals surface area (Å²) in [4.78, 5) is 12.7. The van der Waals surface area contributed by atoms with Crippen molar-refractivity contribution >= 4 is 11.6 Å². The minimum absolute atomic E-state index is 0.392. The number of rotatable bonds is 5. The Morgan fingerprint density at radius 2 is 1.48 bits per heavy atom. The van der Waals surface area contributed by atoms with Gasteiger partial charge in [0.1, 0.15) is 6.33 Å². The van der Waals surface area contributed by atoms with Crippen molar-refractivity contribution in [1.29, 1.82) is 0 Å². The van der Waals surface area contributed by atoms with Gasteiger partial charge in [-0.2, -0.15) is 13.2 Å². The van der Waals surface area contributed by atoms with Gasteiger partial charge >= 0.3 is 6.18 Å². The molecule has 0 aliphatic rings. The van der Waals surface area contributed by atoms with Gasteiger partial charge in [-0.05, 0) is 35.9 Å². The maximum Gasteiger partial charge on any atom is 0.417 e. The van der Waals surface area contributed by atoms with E-state index in [0.717, 1.165) is 22.9 Å². The number of aromatic nitrogens is 3. The monoisotopic (exact) mass is 469 g/mol. The molecule has 5 nitrogen and oxygen atoms in total. The Bertz CT molecular complexity index is 1250. The molecule has 0 radical (unpaired) electrons. The van der Waals surface area contributed by atoms with Crippen LogP contribution < -0.4 is 11.5 Å². The van der Waals surface area contributed by atoms with Gasteiger partial charge in [-0.3, -0.25) is 4.98 Å². The molecule has 2 atom stereocenters. The number of halogens is 4. The molecule has 0 aliphatic heterocycles. The minimum Gasteiger partial charge on any atom is -0.322 e. The van der Waals surface area contributed by atoms with E-state index in [9.17, 15) is 13.2 Å². The van der Waals surface area contributed by atoms with Crippen LogP contribution in [-0.4, -0.2) is 15.0 Å². The molecule has 2 aromatic heterocycles. The van der Waals surface area contributed by atoms with Crippen molar-refractivity contribution < 1.29 is 13.2 Å². The lowest BCUT2D eigenvalue weighted by Gasteiger charge is -2.20. The maximum atomic E-state index is 13.0. The van der Waals surface area contributed by atoms with E-state index in [0.29, 0.717) is 17.0 Å². The molecular weight excluding hydrogens is 451 g/mol. The molecule has 4 rings (SSSR count). The molecule has 4 N–H and O–H groups in total. The average molecular weight is 470 g/mol. The number of hydrogen-bond acceptors (Lipinski definition) is 5. The Hall–Kier alpha value is -3.33. The van der Waals surface area contributed by atoms with Gasteiger partial charge in [0.05, 0.1) is 39.8 Å². The fraction of sp³-hybridized carbons (Fsp3) is 0.125. The summed E-state index contributed by atoms with van der Waals surface area (Å²) in [6.07, 6.45) is -1.51. The highest BCUT2D eigenvalue weighted by Gasteiger charge is 2.33. The summed E-state index contributed by atoms with van der Waals surface area (Å²) in [5, 5.41) is -0.408. The lowest BCUT2D eigenvalue weighted by atomic mass is 9.96. The Labute approximate surface area is 193 Å². The highest BCUT2D eigenvalue weighted by molar-refractivity contribution is 6.31. The fourth-order valence-corrected chi connectivity index (χ4v) is 3.71. The third kappa shape index (κ3) is 5.03. The van der Waals surface area contributed by atoms with Gasteiger partial charge in [0.2, 0.25) is 0 Å². The molecular formula is C24H19ClF3N5. The van der Waals surface area contributed by atoms with Crippen LogP contribution in [0.25, 0.3) is 22.5 Å². The van der Waals surface area contributed by atoms with E-state index < -0.39 is 28.8 Å². The van der Waals surface area contributed by atoms with Crippen molar-refractivity contribution in [2.75, 3.05) is 0 Å². The molecule has 0 spiro atoms. The van der Waals surface area contributed by atoms with Crippen molar-refractivity contribution in [2.45, 2.75) is 18.3 Å². The molecule has 9 heteroatoms. The van der Waals surface area contributed by atoms with E-state index in [1.54, 1.807) is 12.3 Å². The molecule has 0 saturated carbocycles. The van der Waals surface area contributed by atoms with Gasteiger partial charge in [0.15, 0.2) is 0 Å². The molecule has 2 heterocycles. The highest BCUT2D eigenvalue weighted by Crippen LogP contribution is 2.37. The summed E-state index contributed by atoms with van der Waals surface area (Å²) < 4.78 is 38.9. The zero-order valence-corrected chi connectivity index (χ0v) is 17.9. The number of pyridine rings is 1. The first-order valence-corrected chi connectivity index (χ1v) is 10.3. The van der Waals surface area contributed by atoms with E-state index in [1.807, 2.05) is 42.5 Å². The van der Waals surface area contributed by atoms with Crippen LogP contribution in [0.1, 0.15) is 28.9 Å². The predicted molar refractivity (Wildman–Crippen MR) is 121 cm³/mol. The zero-order valence-electron chi connectivity index (χ0n) is 17.2. The molecule has 0 amide bonds. The molecule has 0 aliphatic carbocycles. The molecule has 4 aromatic rings. The van der Waals surface area contributed by atoms with Crippen LogP contribution in [0, 0.1) is 0 Å². The van der Waals surface area contributed by atoms with E-state index in [2.05, 4.69) is 15.0 Å². The summed E-state index contributed by atoms with van der Waals surface area (Å²) in [6, 6.07) is 17.1. The molecule has 0 fully saturated rings. The van der Waals surface area contributed by atoms with Gasteiger partial charge in [-0.1, -0.05) is 48.0 Å². The Kier molecular flexibility index (Phi) is 6.42. The second-order valence-corrected chi connectivity index (χ2v) is 7.82. The summed E-state index contributed by atoms with van der Waals surface area (Å²) in [5.41, 5.74) is 15.7. The molecule has 33 heavy (non-hydrogen) atoms. The second-order valence-electron chi connectivity index (χ2n) is 7.41. The van der Waals surface area contributed by atoms with Crippen LogP contribution in [0.4, 0.5) is 13.2 Å². The van der Waals surface area contributed by atoms with E-state index in [1.165, 1.54) is 18.5 Å². The first kappa shape index (κ1) is 22.8. The average Bonchev–Trinajstić information content (AvgIpc) is 2.83. The van der Waals surface area contributed by atoms with Crippen molar-refractivity contribution in [3.63, 3.8) is 0 Å². The smallest absolute Gasteiger partial charge is 0.322 e. The van der Waals surface area contributed by atoms with Crippen LogP contribution in [0.3, 0.4) is 0 Å². The number of benzene rings is 2. The van der Waals surface area contributed by atoms with Gasteiger partial charge in [-0.25, -0.2) is 9.97 Å². The summed E-state index contributed by atoms with van der Waals surface area (Å²) in [5.74, 6) is 0. The number of hydrogen-bond donors (Lipinski definition) is 2. The zero-order chi connectivity index (χ0) is 23.6. The van der Waals surface area contributed by atoms with Crippen molar-refractivity contribution in [3.8, 4) is 22.5 Å². The van der Waals surface area contributed by atoms with Gasteiger partial charge in [0, 0.05) is 17.3 Å². The van der Waals surface area contributed by atoms with Crippen molar-refractivity contribution in [3.05, 3.63) is 101 Å². The van der Waals surface area contributed by atoms with Gasteiger partial charge in [-0.15, -0.1) is 0 Å². The van der Waals surface area contributed by atoms with Crippen molar-refractivity contribution in [1.82, 2.24) is 15.0 Å². The highest BCUT2D eigenvalue weighted by atomic mass is 35.5. The number of nitrogens with zero attached hydrogens (tertiary/aromatic N) is 3. The van der Waals surface area contributed by atoms with E-state index in [-0.39, 0.29) is 0 Å². The molecule has 2 aromatic carbocycles.